The molecule has 2 heterocycles. The van der Waals surface area contributed by atoms with E-state index in [1.54, 1.807) is 0 Å². The summed E-state index contributed by atoms with van der Waals surface area (Å²) in [6, 6.07) is 6.71. The van der Waals surface area contributed by atoms with E-state index in [-0.39, 0.29) is 5.60 Å². The van der Waals surface area contributed by atoms with E-state index in [0.29, 0.717) is 0 Å². The molecular formula is C15H21NO. The monoisotopic (exact) mass is 231 g/mol. The van der Waals surface area contributed by atoms with Crippen LogP contribution < -0.4 is 10.1 Å². The van der Waals surface area contributed by atoms with Crippen molar-refractivity contribution >= 4 is 0 Å². The molecule has 0 atom stereocenters. The van der Waals surface area contributed by atoms with Gasteiger partial charge in [-0.1, -0.05) is 19.1 Å². The van der Waals surface area contributed by atoms with E-state index in [9.17, 15) is 0 Å². The molecule has 0 bridgehead atoms. The van der Waals surface area contributed by atoms with Gasteiger partial charge in [0.25, 0.3) is 0 Å². The number of hydrogen-bond donors (Lipinski definition) is 1. The van der Waals surface area contributed by atoms with Crippen LogP contribution in [0.4, 0.5) is 0 Å². The van der Waals surface area contributed by atoms with Crippen molar-refractivity contribution in [2.75, 3.05) is 13.1 Å². The Balaban J connectivity index is 1.85. The Morgan fingerprint density at radius 3 is 2.82 bits per heavy atom. The maximum absolute atomic E-state index is 6.32. The summed E-state index contributed by atoms with van der Waals surface area (Å²) in [5.41, 5.74) is 2.97. The number of rotatable bonds is 1. The quantitative estimate of drug-likeness (QED) is 0.802. The number of benzene rings is 1. The van der Waals surface area contributed by atoms with Crippen LogP contribution in [0, 0.1) is 0 Å². The molecule has 2 aliphatic heterocycles. The second-order valence-corrected chi connectivity index (χ2v) is 5.33. The highest BCUT2D eigenvalue weighted by Gasteiger charge is 2.37. The van der Waals surface area contributed by atoms with Gasteiger partial charge in [-0.05, 0) is 62.4 Å². The molecule has 1 N–H and O–H groups in total. The highest BCUT2D eigenvalue weighted by atomic mass is 16.5. The van der Waals surface area contributed by atoms with Crippen LogP contribution in [0.25, 0.3) is 0 Å². The van der Waals surface area contributed by atoms with Crippen molar-refractivity contribution in [2.24, 2.45) is 0 Å². The van der Waals surface area contributed by atoms with E-state index in [2.05, 4.69) is 30.4 Å². The van der Waals surface area contributed by atoms with Gasteiger partial charge in [-0.25, -0.2) is 0 Å². The summed E-state index contributed by atoms with van der Waals surface area (Å²) in [7, 11) is 0. The fraction of sp³-hybridized carbons (Fsp3) is 0.600. The Labute approximate surface area is 103 Å². The minimum atomic E-state index is 0.131. The van der Waals surface area contributed by atoms with Crippen LogP contribution in [0.5, 0.6) is 5.75 Å². The van der Waals surface area contributed by atoms with Gasteiger partial charge in [-0.2, -0.15) is 0 Å². The molecule has 0 amide bonds. The van der Waals surface area contributed by atoms with E-state index < -0.39 is 0 Å². The summed E-state index contributed by atoms with van der Waals surface area (Å²) < 4.78 is 6.32. The van der Waals surface area contributed by atoms with Crippen molar-refractivity contribution in [1.82, 2.24) is 5.32 Å². The van der Waals surface area contributed by atoms with E-state index in [4.69, 9.17) is 4.74 Å². The van der Waals surface area contributed by atoms with Crippen molar-refractivity contribution in [3.63, 3.8) is 0 Å². The lowest BCUT2D eigenvalue weighted by molar-refractivity contribution is 0.0170. The van der Waals surface area contributed by atoms with Crippen LogP contribution in [-0.2, 0) is 12.8 Å². The smallest absolute Gasteiger partial charge is 0.123 e. The van der Waals surface area contributed by atoms with Crippen LogP contribution in [0.15, 0.2) is 18.2 Å². The van der Waals surface area contributed by atoms with Gasteiger partial charge in [0, 0.05) is 0 Å². The standard InChI is InChI=1S/C15H21NO/c1-2-12-3-4-14-13(11-12)5-6-15(17-14)7-9-16-10-8-15/h3-4,11,16H,2,5-10H2,1H3. The molecule has 0 unspecified atom stereocenters. The number of hydrogen-bond acceptors (Lipinski definition) is 2. The van der Waals surface area contributed by atoms with Crippen LogP contribution in [-0.4, -0.2) is 18.7 Å². The molecule has 1 aromatic carbocycles. The van der Waals surface area contributed by atoms with Crippen molar-refractivity contribution in [3.8, 4) is 5.75 Å². The summed E-state index contributed by atoms with van der Waals surface area (Å²) in [5.74, 6) is 1.13. The van der Waals surface area contributed by atoms with Crippen LogP contribution >= 0.6 is 0 Å². The van der Waals surface area contributed by atoms with Gasteiger partial charge in [0.1, 0.15) is 11.4 Å². The summed E-state index contributed by atoms with van der Waals surface area (Å²) >= 11 is 0. The van der Waals surface area contributed by atoms with E-state index >= 15 is 0 Å². The summed E-state index contributed by atoms with van der Waals surface area (Å²) in [6.07, 6.45) is 5.80. The van der Waals surface area contributed by atoms with Gasteiger partial charge in [-0.3, -0.25) is 0 Å². The van der Waals surface area contributed by atoms with Gasteiger partial charge in [-0.15, -0.1) is 0 Å². The van der Waals surface area contributed by atoms with Crippen molar-refractivity contribution < 1.29 is 4.74 Å². The van der Waals surface area contributed by atoms with E-state index in [1.807, 2.05) is 0 Å². The van der Waals surface area contributed by atoms with Crippen LogP contribution in [0.2, 0.25) is 0 Å². The van der Waals surface area contributed by atoms with Gasteiger partial charge >= 0.3 is 0 Å². The molecule has 2 heteroatoms. The molecule has 17 heavy (non-hydrogen) atoms. The molecule has 1 spiro atoms. The first-order valence-corrected chi connectivity index (χ1v) is 6.83. The summed E-state index contributed by atoms with van der Waals surface area (Å²) in [4.78, 5) is 0. The normalized spacial score (nSPS) is 21.9. The third-order valence-corrected chi connectivity index (χ3v) is 4.22. The summed E-state index contributed by atoms with van der Waals surface area (Å²) in [5, 5.41) is 3.42. The number of ether oxygens (including phenoxy) is 1. The third-order valence-electron chi connectivity index (χ3n) is 4.22. The molecule has 0 aromatic heterocycles. The number of nitrogens with one attached hydrogen (secondary N) is 1. The predicted octanol–water partition coefficient (Wildman–Crippen LogP) is 2.70. The minimum Gasteiger partial charge on any atom is -0.487 e. The Morgan fingerprint density at radius 1 is 1.24 bits per heavy atom. The Kier molecular flexibility index (Phi) is 2.83. The van der Waals surface area contributed by atoms with E-state index in [0.717, 1.165) is 38.1 Å². The first-order valence-electron chi connectivity index (χ1n) is 6.83. The Bertz CT molecular complexity index is 407. The zero-order valence-electron chi connectivity index (χ0n) is 10.6. The SMILES string of the molecule is CCc1ccc2c(c1)CCC1(CCNCC1)O2. The van der Waals surface area contributed by atoms with Crippen molar-refractivity contribution in [2.45, 2.75) is 44.6 Å². The molecule has 1 fully saturated rings. The second-order valence-electron chi connectivity index (χ2n) is 5.33. The molecule has 1 aromatic rings. The maximum Gasteiger partial charge on any atom is 0.123 e. The molecule has 92 valence electrons. The van der Waals surface area contributed by atoms with Crippen LogP contribution in [0.1, 0.15) is 37.3 Å². The molecule has 1 saturated heterocycles. The minimum absolute atomic E-state index is 0.131. The Hall–Kier alpha value is -1.02. The first kappa shape index (κ1) is 11.1. The highest BCUT2D eigenvalue weighted by molar-refractivity contribution is 5.39. The lowest BCUT2D eigenvalue weighted by Gasteiger charge is -2.41. The lowest BCUT2D eigenvalue weighted by atomic mass is 9.83. The van der Waals surface area contributed by atoms with Gasteiger partial charge in [0.2, 0.25) is 0 Å². The molecule has 2 aliphatic rings. The Morgan fingerprint density at radius 2 is 2.06 bits per heavy atom. The zero-order valence-corrected chi connectivity index (χ0v) is 10.6. The largest absolute Gasteiger partial charge is 0.487 e. The number of fused-ring (bicyclic) bond motifs is 1. The topological polar surface area (TPSA) is 21.3 Å². The van der Waals surface area contributed by atoms with Crippen molar-refractivity contribution in [1.29, 1.82) is 0 Å². The zero-order chi connectivity index (χ0) is 11.7. The van der Waals surface area contributed by atoms with Gasteiger partial charge in [0.05, 0.1) is 0 Å². The average Bonchev–Trinajstić information content (AvgIpc) is 2.39. The average molecular weight is 231 g/mol. The molecule has 0 saturated carbocycles. The number of piperidine rings is 1. The van der Waals surface area contributed by atoms with E-state index in [1.165, 1.54) is 24.0 Å². The predicted molar refractivity (Wildman–Crippen MR) is 69.6 cm³/mol. The molecule has 0 radical (unpaired) electrons. The lowest BCUT2D eigenvalue weighted by Crippen LogP contribution is -2.48. The first-order chi connectivity index (χ1) is 8.31. The second kappa shape index (κ2) is 4.34. The molecule has 0 aliphatic carbocycles. The maximum atomic E-state index is 6.32. The fourth-order valence-corrected chi connectivity index (χ4v) is 3.03. The fourth-order valence-electron chi connectivity index (χ4n) is 3.03. The highest BCUT2D eigenvalue weighted by Crippen LogP contribution is 2.38. The summed E-state index contributed by atoms with van der Waals surface area (Å²) in [6.45, 7) is 4.41. The van der Waals surface area contributed by atoms with Gasteiger partial charge < -0.3 is 10.1 Å². The van der Waals surface area contributed by atoms with Gasteiger partial charge in [0.15, 0.2) is 0 Å². The molecular weight excluding hydrogens is 210 g/mol. The van der Waals surface area contributed by atoms with Crippen LogP contribution in [0.3, 0.4) is 0 Å². The molecule has 2 nitrogen and oxygen atoms in total. The molecule has 3 rings (SSSR count). The van der Waals surface area contributed by atoms with Crippen molar-refractivity contribution in [3.05, 3.63) is 29.3 Å². The number of aryl methyl sites for hydroxylation is 2. The third kappa shape index (κ3) is 2.06.